The molecule has 5 nitrogen and oxygen atoms in total. The summed E-state index contributed by atoms with van der Waals surface area (Å²) in [7, 11) is 0. The maximum atomic E-state index is 5.27. The first kappa shape index (κ1) is 38.1. The van der Waals surface area contributed by atoms with Crippen LogP contribution in [0.25, 0.3) is 133 Å². The Morgan fingerprint density at radius 3 is 1.31 bits per heavy atom. The van der Waals surface area contributed by atoms with Gasteiger partial charge in [0.2, 0.25) is 0 Å². The highest BCUT2D eigenvalue weighted by Crippen LogP contribution is 2.44. The van der Waals surface area contributed by atoms with E-state index in [0.29, 0.717) is 17.5 Å². The topological polar surface area (TPSA) is 48.5 Å². The predicted molar refractivity (Wildman–Crippen MR) is 283 cm³/mol. The number of aromatic nitrogens is 5. The lowest BCUT2D eigenvalue weighted by molar-refractivity contribution is 1.07. The molecule has 68 heavy (non-hydrogen) atoms. The molecule has 14 aromatic rings. The molecular formula is C63H39N5. The van der Waals surface area contributed by atoms with Gasteiger partial charge in [-0.3, -0.25) is 0 Å². The van der Waals surface area contributed by atoms with Crippen LogP contribution in [0.4, 0.5) is 0 Å². The quantitative estimate of drug-likeness (QED) is 0.156. The van der Waals surface area contributed by atoms with Crippen LogP contribution in [0.15, 0.2) is 237 Å². The zero-order chi connectivity index (χ0) is 44.7. The van der Waals surface area contributed by atoms with E-state index in [1.54, 1.807) is 0 Å². The molecule has 0 bridgehead atoms. The minimum atomic E-state index is 0.615. The van der Waals surface area contributed by atoms with E-state index in [1.807, 2.05) is 36.4 Å². The average Bonchev–Trinajstić information content (AvgIpc) is 3.93. The number of para-hydroxylation sites is 3. The number of nitrogens with zero attached hydrogens (tertiary/aromatic N) is 5. The van der Waals surface area contributed by atoms with E-state index in [0.717, 1.165) is 50.0 Å². The molecular weight excluding hydrogens is 827 g/mol. The molecule has 3 heterocycles. The largest absolute Gasteiger partial charge is 0.309 e. The van der Waals surface area contributed by atoms with Gasteiger partial charge in [-0.1, -0.05) is 182 Å². The molecule has 0 saturated heterocycles. The van der Waals surface area contributed by atoms with Crippen LogP contribution in [0.2, 0.25) is 0 Å². The van der Waals surface area contributed by atoms with E-state index >= 15 is 0 Å². The van der Waals surface area contributed by atoms with Crippen molar-refractivity contribution >= 4 is 75.9 Å². The second-order valence-corrected chi connectivity index (χ2v) is 17.6. The number of fused-ring (bicyclic) bond motifs is 12. The molecule has 5 heteroatoms. The van der Waals surface area contributed by atoms with Gasteiger partial charge in [0.15, 0.2) is 17.5 Å². The standard InChI is InChI=1S/C63H39N5/c1-4-18-40(19-5-1)61-64-62(41-20-6-2-7-21-41)66-63(65-61)44-37-54-48-26-11-10-24-46(48)47-25-12-13-29-52(47)60(54)59(39-44)68-56-31-17-15-28-50(56)53-36-42(33-35-57(53)68)43-32-34-51-49-27-14-16-30-55(49)67(58(51)38-43)45-22-8-3-9-23-45/h1-39H. The van der Waals surface area contributed by atoms with Gasteiger partial charge in [-0.2, -0.15) is 0 Å². The minimum absolute atomic E-state index is 0.615. The molecule has 14 rings (SSSR count). The summed E-state index contributed by atoms with van der Waals surface area (Å²) in [5.41, 5.74) is 11.9. The normalized spacial score (nSPS) is 11.8. The predicted octanol–water partition coefficient (Wildman–Crippen LogP) is 16.2. The SMILES string of the molecule is c1ccc(-c2nc(-c3ccccc3)nc(-c3cc(-n4c5ccccc5c5cc(-c6ccc7c8ccccc8n(-c8ccccc8)c7c6)ccc54)c4c5ccccc5c5ccccc5c4c3)n2)cc1. The number of hydrogen-bond donors (Lipinski definition) is 0. The highest BCUT2D eigenvalue weighted by atomic mass is 15.0. The average molecular weight is 866 g/mol. The first-order chi connectivity index (χ1) is 33.7. The molecule has 0 aliphatic rings. The second kappa shape index (κ2) is 15.2. The molecule has 0 atom stereocenters. The molecule has 0 saturated carbocycles. The van der Waals surface area contributed by atoms with E-state index in [1.165, 1.54) is 65.1 Å². The number of rotatable bonds is 6. The molecule has 0 unspecified atom stereocenters. The third-order valence-electron chi connectivity index (χ3n) is 13.7. The highest BCUT2D eigenvalue weighted by molar-refractivity contribution is 6.28. The van der Waals surface area contributed by atoms with Crippen molar-refractivity contribution in [3.63, 3.8) is 0 Å². The maximum absolute atomic E-state index is 5.27. The Morgan fingerprint density at radius 1 is 0.235 bits per heavy atom. The van der Waals surface area contributed by atoms with Crippen LogP contribution in [0.3, 0.4) is 0 Å². The van der Waals surface area contributed by atoms with Gasteiger partial charge in [0.1, 0.15) is 0 Å². The Kier molecular flexibility index (Phi) is 8.52. The lowest BCUT2D eigenvalue weighted by Crippen LogP contribution is -2.02. The van der Waals surface area contributed by atoms with Crippen LogP contribution < -0.4 is 0 Å². The van der Waals surface area contributed by atoms with Gasteiger partial charge < -0.3 is 9.13 Å². The molecule has 3 aromatic heterocycles. The minimum Gasteiger partial charge on any atom is -0.309 e. The van der Waals surface area contributed by atoms with Crippen LogP contribution in [0, 0.1) is 0 Å². The number of hydrogen-bond acceptors (Lipinski definition) is 3. The van der Waals surface area contributed by atoms with E-state index in [9.17, 15) is 0 Å². The summed E-state index contributed by atoms with van der Waals surface area (Å²) in [4.78, 5) is 15.6. The fourth-order valence-electron chi connectivity index (χ4n) is 10.7. The van der Waals surface area contributed by atoms with E-state index in [4.69, 9.17) is 15.0 Å². The van der Waals surface area contributed by atoms with Crippen molar-refractivity contribution in [3.05, 3.63) is 237 Å². The molecule has 0 N–H and O–H groups in total. The van der Waals surface area contributed by atoms with Crippen molar-refractivity contribution in [2.45, 2.75) is 0 Å². The van der Waals surface area contributed by atoms with Gasteiger partial charge in [0.25, 0.3) is 0 Å². The summed E-state index contributed by atoms with van der Waals surface area (Å²) in [5, 5.41) is 12.0. The lowest BCUT2D eigenvalue weighted by Gasteiger charge is -2.18. The summed E-state index contributed by atoms with van der Waals surface area (Å²) in [5.74, 6) is 1.88. The van der Waals surface area contributed by atoms with E-state index in [-0.39, 0.29) is 0 Å². The van der Waals surface area contributed by atoms with E-state index in [2.05, 4.69) is 209 Å². The molecule has 0 amide bonds. The van der Waals surface area contributed by atoms with Crippen LogP contribution in [0.1, 0.15) is 0 Å². The summed E-state index contributed by atoms with van der Waals surface area (Å²) in [6.45, 7) is 0. The Labute approximate surface area is 391 Å². The summed E-state index contributed by atoms with van der Waals surface area (Å²) >= 11 is 0. The molecule has 316 valence electrons. The maximum Gasteiger partial charge on any atom is 0.164 e. The molecule has 0 radical (unpaired) electrons. The first-order valence-corrected chi connectivity index (χ1v) is 23.1. The summed E-state index contributed by atoms with van der Waals surface area (Å²) < 4.78 is 4.86. The van der Waals surface area contributed by atoms with Gasteiger partial charge in [-0.05, 0) is 92.7 Å². The van der Waals surface area contributed by atoms with Crippen LogP contribution in [0.5, 0.6) is 0 Å². The van der Waals surface area contributed by atoms with Crippen molar-refractivity contribution < 1.29 is 0 Å². The fraction of sp³-hybridized carbons (Fsp3) is 0. The third-order valence-corrected chi connectivity index (χ3v) is 13.7. The summed E-state index contributed by atoms with van der Waals surface area (Å²) in [6, 6.07) is 84.8. The zero-order valence-corrected chi connectivity index (χ0v) is 36.8. The molecule has 0 aliphatic heterocycles. The van der Waals surface area contributed by atoms with Crippen molar-refractivity contribution in [3.8, 4) is 56.7 Å². The zero-order valence-electron chi connectivity index (χ0n) is 36.8. The second-order valence-electron chi connectivity index (χ2n) is 17.6. The fourth-order valence-corrected chi connectivity index (χ4v) is 10.7. The lowest BCUT2D eigenvalue weighted by atomic mass is 9.91. The van der Waals surface area contributed by atoms with Crippen LogP contribution in [-0.2, 0) is 0 Å². The van der Waals surface area contributed by atoms with Crippen molar-refractivity contribution in [2.75, 3.05) is 0 Å². The van der Waals surface area contributed by atoms with Gasteiger partial charge in [0.05, 0.1) is 27.8 Å². The smallest absolute Gasteiger partial charge is 0.164 e. The van der Waals surface area contributed by atoms with Gasteiger partial charge in [-0.25, -0.2) is 15.0 Å². The highest BCUT2D eigenvalue weighted by Gasteiger charge is 2.22. The number of benzene rings is 11. The molecule has 0 aliphatic carbocycles. The molecule has 11 aromatic carbocycles. The Bertz CT molecular complexity index is 4250. The van der Waals surface area contributed by atoms with Gasteiger partial charge in [-0.15, -0.1) is 0 Å². The van der Waals surface area contributed by atoms with Crippen LogP contribution >= 0.6 is 0 Å². The van der Waals surface area contributed by atoms with Crippen LogP contribution in [-0.4, -0.2) is 24.1 Å². The van der Waals surface area contributed by atoms with Gasteiger partial charge in [0, 0.05) is 49.3 Å². The Hall–Kier alpha value is -9.19. The third kappa shape index (κ3) is 5.93. The Morgan fingerprint density at radius 2 is 0.662 bits per heavy atom. The monoisotopic (exact) mass is 865 g/mol. The molecule has 0 spiro atoms. The van der Waals surface area contributed by atoms with Gasteiger partial charge >= 0.3 is 0 Å². The first-order valence-electron chi connectivity index (χ1n) is 23.1. The van der Waals surface area contributed by atoms with E-state index < -0.39 is 0 Å². The molecule has 0 fully saturated rings. The Balaban J connectivity index is 1.05. The van der Waals surface area contributed by atoms with Crippen molar-refractivity contribution in [1.29, 1.82) is 0 Å². The summed E-state index contributed by atoms with van der Waals surface area (Å²) in [6.07, 6.45) is 0. The van der Waals surface area contributed by atoms with Crippen molar-refractivity contribution in [1.82, 2.24) is 24.1 Å². The van der Waals surface area contributed by atoms with Crippen molar-refractivity contribution in [2.24, 2.45) is 0 Å².